The van der Waals surface area contributed by atoms with Crippen LogP contribution >= 0.6 is 0 Å². The van der Waals surface area contributed by atoms with Gasteiger partial charge in [0.2, 0.25) is 0 Å². The number of carbonyl (C=O) groups excluding carboxylic acids is 3. The van der Waals surface area contributed by atoms with Gasteiger partial charge >= 0.3 is 17.9 Å². The molecule has 0 bridgehead atoms. The predicted octanol–water partition coefficient (Wildman–Crippen LogP) is 18.4. The lowest BCUT2D eigenvalue weighted by atomic mass is 10.1. The van der Waals surface area contributed by atoms with E-state index in [2.05, 4.69) is 106 Å². The lowest BCUT2D eigenvalue weighted by molar-refractivity contribution is -0.167. The molecule has 0 radical (unpaired) electrons. The summed E-state index contributed by atoms with van der Waals surface area (Å²) in [6.07, 6.45) is 69.9. The Labute approximate surface area is 407 Å². The molecule has 0 aromatic rings. The van der Waals surface area contributed by atoms with Crippen molar-refractivity contribution in [3.8, 4) is 0 Å². The predicted molar refractivity (Wildman–Crippen MR) is 284 cm³/mol. The SMILES string of the molecule is CC/C=C\C/C=C\C/C=C\CCCCCCCCCCCC(=O)OCC(COC(=O)CCCCCCCCCCCCC)OC(=O)CCCCCCC\C=C/C=C\C=C/C=C\CCCCC. The van der Waals surface area contributed by atoms with E-state index in [-0.39, 0.29) is 31.1 Å². The van der Waals surface area contributed by atoms with E-state index in [1.807, 2.05) is 0 Å². The van der Waals surface area contributed by atoms with Crippen molar-refractivity contribution in [3.05, 3.63) is 85.1 Å². The zero-order valence-corrected chi connectivity index (χ0v) is 43.2. The third-order valence-corrected chi connectivity index (χ3v) is 11.7. The zero-order valence-electron chi connectivity index (χ0n) is 43.2. The monoisotopic (exact) mass is 919 g/mol. The minimum Gasteiger partial charge on any atom is -0.462 e. The third-order valence-electron chi connectivity index (χ3n) is 11.7. The fourth-order valence-corrected chi connectivity index (χ4v) is 7.59. The molecule has 0 aliphatic carbocycles. The fourth-order valence-electron chi connectivity index (χ4n) is 7.59. The number of hydrogen-bond donors (Lipinski definition) is 0. The molecule has 0 saturated heterocycles. The number of rotatable bonds is 49. The van der Waals surface area contributed by atoms with E-state index in [1.165, 1.54) is 116 Å². The van der Waals surface area contributed by atoms with Crippen molar-refractivity contribution in [2.24, 2.45) is 0 Å². The molecule has 66 heavy (non-hydrogen) atoms. The molecule has 1 unspecified atom stereocenters. The molecule has 6 heteroatoms. The van der Waals surface area contributed by atoms with Gasteiger partial charge in [-0.15, -0.1) is 0 Å². The highest BCUT2D eigenvalue weighted by molar-refractivity contribution is 5.71. The average molecular weight is 919 g/mol. The summed E-state index contributed by atoms with van der Waals surface area (Å²) in [5.74, 6) is -0.912. The summed E-state index contributed by atoms with van der Waals surface area (Å²) in [7, 11) is 0. The normalized spacial score (nSPS) is 12.7. The Morgan fingerprint density at radius 1 is 0.333 bits per heavy atom. The van der Waals surface area contributed by atoms with Crippen LogP contribution in [-0.2, 0) is 28.6 Å². The van der Waals surface area contributed by atoms with Crippen LogP contribution in [-0.4, -0.2) is 37.2 Å². The second-order valence-corrected chi connectivity index (χ2v) is 18.2. The zero-order chi connectivity index (χ0) is 47.9. The van der Waals surface area contributed by atoms with Crippen molar-refractivity contribution >= 4 is 17.9 Å². The van der Waals surface area contributed by atoms with Gasteiger partial charge < -0.3 is 14.2 Å². The Balaban J connectivity index is 4.40. The molecular weight excluding hydrogens is 817 g/mol. The van der Waals surface area contributed by atoms with Crippen LogP contribution in [0.5, 0.6) is 0 Å². The van der Waals surface area contributed by atoms with Crippen molar-refractivity contribution in [1.29, 1.82) is 0 Å². The molecule has 0 heterocycles. The molecular formula is C60H102O6. The number of allylic oxidation sites excluding steroid dienone is 14. The van der Waals surface area contributed by atoms with Gasteiger partial charge in [0.15, 0.2) is 6.10 Å². The molecule has 0 spiro atoms. The average Bonchev–Trinajstić information content (AvgIpc) is 3.31. The Bertz CT molecular complexity index is 1290. The van der Waals surface area contributed by atoms with Gasteiger partial charge in [-0.1, -0.05) is 247 Å². The number of hydrogen-bond acceptors (Lipinski definition) is 6. The first kappa shape index (κ1) is 62.6. The van der Waals surface area contributed by atoms with Crippen molar-refractivity contribution in [2.45, 2.75) is 264 Å². The van der Waals surface area contributed by atoms with Crippen LogP contribution in [0.4, 0.5) is 0 Å². The molecule has 378 valence electrons. The second kappa shape index (κ2) is 54.2. The van der Waals surface area contributed by atoms with E-state index in [0.717, 1.165) is 103 Å². The van der Waals surface area contributed by atoms with Crippen LogP contribution in [0.1, 0.15) is 258 Å². The van der Waals surface area contributed by atoms with Crippen molar-refractivity contribution in [1.82, 2.24) is 0 Å². The Hall–Kier alpha value is -3.41. The summed E-state index contributed by atoms with van der Waals surface area (Å²) >= 11 is 0. The summed E-state index contributed by atoms with van der Waals surface area (Å²) in [5, 5.41) is 0. The first-order chi connectivity index (χ1) is 32.5. The summed E-state index contributed by atoms with van der Waals surface area (Å²) < 4.78 is 16.8. The smallest absolute Gasteiger partial charge is 0.306 e. The van der Waals surface area contributed by atoms with Crippen LogP contribution < -0.4 is 0 Å². The Morgan fingerprint density at radius 2 is 0.652 bits per heavy atom. The molecule has 0 aliphatic rings. The van der Waals surface area contributed by atoms with Gasteiger partial charge in [-0.2, -0.15) is 0 Å². The van der Waals surface area contributed by atoms with Crippen LogP contribution in [0.25, 0.3) is 0 Å². The maximum Gasteiger partial charge on any atom is 0.306 e. The highest BCUT2D eigenvalue weighted by atomic mass is 16.6. The van der Waals surface area contributed by atoms with Gasteiger partial charge in [-0.05, 0) is 77.0 Å². The molecule has 0 fully saturated rings. The minimum atomic E-state index is -0.790. The summed E-state index contributed by atoms with van der Waals surface area (Å²) in [4.78, 5) is 38.1. The van der Waals surface area contributed by atoms with E-state index in [9.17, 15) is 14.4 Å². The second-order valence-electron chi connectivity index (χ2n) is 18.2. The number of esters is 3. The van der Waals surface area contributed by atoms with Crippen molar-refractivity contribution in [3.63, 3.8) is 0 Å². The molecule has 0 saturated carbocycles. The number of ether oxygens (including phenoxy) is 3. The fraction of sp³-hybridized carbons (Fsp3) is 0.717. The van der Waals surface area contributed by atoms with Gasteiger partial charge in [0.1, 0.15) is 13.2 Å². The van der Waals surface area contributed by atoms with Crippen LogP contribution in [0, 0.1) is 0 Å². The Morgan fingerprint density at radius 3 is 1.09 bits per heavy atom. The highest BCUT2D eigenvalue weighted by Crippen LogP contribution is 2.15. The van der Waals surface area contributed by atoms with Crippen molar-refractivity contribution in [2.75, 3.05) is 13.2 Å². The van der Waals surface area contributed by atoms with Crippen LogP contribution in [0.3, 0.4) is 0 Å². The molecule has 0 aromatic carbocycles. The standard InChI is InChI=1S/C60H102O6/c1-4-7-10-13-16-19-22-24-26-28-30-32-33-35-38-41-44-47-50-53-59(62)65-56-57(55-64-58(61)52-49-46-43-40-37-21-18-15-12-9-6-3)66-60(63)54-51-48-45-42-39-36-34-31-29-27-25-23-20-17-14-11-8-5-2/h7,10,16-17,19-20,23-27,29,31,34,57H,4-6,8-9,11-15,18,21-22,28,30,32-33,35-56H2,1-3H3/b10-7-,19-16-,20-17-,25-23-,26-24-,29-27-,34-31-. The maximum atomic E-state index is 12.8. The van der Waals surface area contributed by atoms with Gasteiger partial charge in [0.25, 0.3) is 0 Å². The van der Waals surface area contributed by atoms with Crippen LogP contribution in [0.15, 0.2) is 85.1 Å². The van der Waals surface area contributed by atoms with E-state index in [0.29, 0.717) is 19.3 Å². The Kier molecular flexibility index (Phi) is 51.4. The van der Waals surface area contributed by atoms with Crippen molar-refractivity contribution < 1.29 is 28.6 Å². The molecule has 6 nitrogen and oxygen atoms in total. The highest BCUT2D eigenvalue weighted by Gasteiger charge is 2.19. The minimum absolute atomic E-state index is 0.0865. The van der Waals surface area contributed by atoms with Gasteiger partial charge in [-0.25, -0.2) is 0 Å². The molecule has 0 aromatic heterocycles. The van der Waals surface area contributed by atoms with E-state index < -0.39 is 6.10 Å². The summed E-state index contributed by atoms with van der Waals surface area (Å²) in [6, 6.07) is 0. The first-order valence-corrected chi connectivity index (χ1v) is 27.6. The molecule has 0 N–H and O–H groups in total. The van der Waals surface area contributed by atoms with Crippen LogP contribution in [0.2, 0.25) is 0 Å². The molecule has 0 rings (SSSR count). The largest absolute Gasteiger partial charge is 0.462 e. The summed E-state index contributed by atoms with van der Waals surface area (Å²) in [6.45, 7) is 6.47. The quantitative estimate of drug-likeness (QED) is 0.0199. The topological polar surface area (TPSA) is 78.9 Å². The first-order valence-electron chi connectivity index (χ1n) is 27.6. The number of unbranched alkanes of at least 4 members (excludes halogenated alkanes) is 27. The van der Waals surface area contributed by atoms with E-state index in [4.69, 9.17) is 14.2 Å². The van der Waals surface area contributed by atoms with E-state index in [1.54, 1.807) is 0 Å². The molecule has 0 aliphatic heterocycles. The maximum absolute atomic E-state index is 12.8. The van der Waals surface area contributed by atoms with Gasteiger partial charge in [0, 0.05) is 19.3 Å². The third kappa shape index (κ3) is 51.6. The number of carbonyl (C=O) groups is 3. The lowest BCUT2D eigenvalue weighted by Crippen LogP contribution is -2.30. The molecule has 0 amide bonds. The van der Waals surface area contributed by atoms with Gasteiger partial charge in [-0.3, -0.25) is 14.4 Å². The molecule has 1 atom stereocenters. The van der Waals surface area contributed by atoms with E-state index >= 15 is 0 Å². The van der Waals surface area contributed by atoms with Gasteiger partial charge in [0.05, 0.1) is 0 Å². The lowest BCUT2D eigenvalue weighted by Gasteiger charge is -2.18. The summed E-state index contributed by atoms with van der Waals surface area (Å²) in [5.41, 5.74) is 0.